The van der Waals surface area contributed by atoms with Crippen molar-refractivity contribution in [2.45, 2.75) is 56.5 Å². The normalized spacial score (nSPS) is 20.8. The first-order chi connectivity index (χ1) is 16.9. The number of halogens is 1. The van der Waals surface area contributed by atoms with E-state index in [4.69, 9.17) is 11.6 Å². The summed E-state index contributed by atoms with van der Waals surface area (Å²) < 4.78 is 3.46. The minimum Gasteiger partial charge on any atom is -0.493 e. The smallest absolute Gasteiger partial charge is 0.335 e. The molecule has 1 aliphatic carbocycles. The van der Waals surface area contributed by atoms with Crippen LogP contribution in [0.25, 0.3) is 5.69 Å². The Morgan fingerprint density at radius 2 is 1.86 bits per heavy atom. The van der Waals surface area contributed by atoms with Crippen LogP contribution in [0.15, 0.2) is 41.2 Å². The van der Waals surface area contributed by atoms with E-state index in [0.29, 0.717) is 33.6 Å². The van der Waals surface area contributed by atoms with Gasteiger partial charge in [0.25, 0.3) is 5.91 Å². The summed E-state index contributed by atoms with van der Waals surface area (Å²) >= 11 is 7.16. The number of hydrogen-bond donors (Lipinski definition) is 2. The van der Waals surface area contributed by atoms with Gasteiger partial charge in [-0.15, -0.1) is 11.3 Å². The van der Waals surface area contributed by atoms with Crippen molar-refractivity contribution < 1.29 is 9.90 Å². The Balaban J connectivity index is 1.21. The fourth-order valence-corrected chi connectivity index (χ4v) is 6.67. The van der Waals surface area contributed by atoms with Gasteiger partial charge < -0.3 is 15.3 Å². The van der Waals surface area contributed by atoms with Crippen molar-refractivity contribution in [3.63, 3.8) is 0 Å². The molecule has 3 aromatic rings. The number of carbonyl (C=O) groups excluding carboxylic acids is 1. The van der Waals surface area contributed by atoms with E-state index in [1.807, 2.05) is 12.1 Å². The Kier molecular flexibility index (Phi) is 5.78. The number of carbonyl (C=O) groups is 1. The zero-order valence-corrected chi connectivity index (χ0v) is 21.1. The van der Waals surface area contributed by atoms with Gasteiger partial charge in [0, 0.05) is 6.54 Å². The van der Waals surface area contributed by atoms with Gasteiger partial charge in [0.05, 0.1) is 20.9 Å². The van der Waals surface area contributed by atoms with E-state index in [0.717, 1.165) is 6.54 Å². The predicted octanol–water partition coefficient (Wildman–Crippen LogP) is 4.45. The summed E-state index contributed by atoms with van der Waals surface area (Å²) in [7, 11) is 0. The number of aromatic nitrogens is 2. The second-order valence-corrected chi connectivity index (χ2v) is 11.7. The van der Waals surface area contributed by atoms with Crippen molar-refractivity contribution in [1.82, 2.24) is 19.4 Å². The van der Waals surface area contributed by atoms with Crippen molar-refractivity contribution in [1.29, 1.82) is 0 Å². The number of nitrogens with zero attached hydrogens (tertiary/aromatic N) is 3. The molecule has 3 aliphatic rings. The fourth-order valence-electron chi connectivity index (χ4n) is 5.72. The van der Waals surface area contributed by atoms with Gasteiger partial charge >= 0.3 is 5.69 Å². The van der Waals surface area contributed by atoms with Crippen LogP contribution >= 0.6 is 22.9 Å². The lowest BCUT2D eigenvalue weighted by Crippen LogP contribution is -2.26. The monoisotopic (exact) mass is 512 g/mol. The lowest BCUT2D eigenvalue weighted by molar-refractivity contribution is 0.0940. The summed E-state index contributed by atoms with van der Waals surface area (Å²) in [6.45, 7) is 4.04. The highest BCUT2D eigenvalue weighted by molar-refractivity contribution is 7.18. The van der Waals surface area contributed by atoms with Crippen LogP contribution in [0.2, 0.25) is 4.34 Å². The molecule has 2 fully saturated rings. The highest BCUT2D eigenvalue weighted by atomic mass is 35.5. The first-order valence-corrected chi connectivity index (χ1v) is 13.6. The number of imidazole rings is 1. The molecule has 0 radical (unpaired) electrons. The Hall–Kier alpha value is -2.55. The molecule has 2 N–H and O–H groups in total. The molecule has 0 unspecified atom stereocenters. The van der Waals surface area contributed by atoms with Gasteiger partial charge in [-0.2, -0.15) is 0 Å². The van der Waals surface area contributed by atoms with E-state index in [1.54, 1.807) is 16.7 Å². The van der Waals surface area contributed by atoms with Crippen molar-refractivity contribution >= 4 is 28.8 Å². The van der Waals surface area contributed by atoms with E-state index in [1.165, 1.54) is 66.7 Å². The first kappa shape index (κ1) is 22.9. The van der Waals surface area contributed by atoms with Gasteiger partial charge in [-0.3, -0.25) is 9.36 Å². The molecule has 1 saturated heterocycles. The lowest BCUT2D eigenvalue weighted by Gasteiger charge is -2.21. The quantitative estimate of drug-likeness (QED) is 0.490. The van der Waals surface area contributed by atoms with Crippen LogP contribution in [0.5, 0.6) is 5.88 Å². The van der Waals surface area contributed by atoms with Crippen molar-refractivity contribution in [3.05, 3.63) is 67.4 Å². The highest BCUT2D eigenvalue weighted by Crippen LogP contribution is 2.51. The van der Waals surface area contributed by atoms with Crippen LogP contribution in [0.1, 0.15) is 65.5 Å². The van der Waals surface area contributed by atoms with E-state index in [2.05, 4.69) is 22.3 Å². The number of amides is 1. The summed E-state index contributed by atoms with van der Waals surface area (Å²) in [5.41, 5.74) is 2.40. The molecule has 6 rings (SSSR count). The average molecular weight is 513 g/mol. The van der Waals surface area contributed by atoms with Crippen LogP contribution in [0.3, 0.4) is 0 Å². The molecule has 4 heterocycles. The number of rotatable bonds is 7. The average Bonchev–Trinajstić information content (AvgIpc) is 3.25. The molecule has 2 aliphatic heterocycles. The van der Waals surface area contributed by atoms with Crippen molar-refractivity contribution in [2.24, 2.45) is 0 Å². The van der Waals surface area contributed by atoms with Crippen LogP contribution < -0.4 is 11.0 Å². The van der Waals surface area contributed by atoms with Gasteiger partial charge in [0.2, 0.25) is 5.88 Å². The van der Waals surface area contributed by atoms with Crippen molar-refractivity contribution in [2.75, 3.05) is 19.6 Å². The number of thiophene rings is 1. The molecule has 1 atom stereocenters. The van der Waals surface area contributed by atoms with Gasteiger partial charge in [-0.05, 0) is 93.4 Å². The van der Waals surface area contributed by atoms with Gasteiger partial charge in [0.15, 0.2) is 0 Å². The van der Waals surface area contributed by atoms with Crippen LogP contribution in [0.4, 0.5) is 0 Å². The van der Waals surface area contributed by atoms with E-state index >= 15 is 0 Å². The summed E-state index contributed by atoms with van der Waals surface area (Å²) in [6, 6.07) is 11.0. The third kappa shape index (κ3) is 4.11. The SMILES string of the molecule is O=C(N[C@@H]1CCn2c1c(O)n(-c1ccc(C3(CCN4CCCC4)CC3)cc1)c2=O)c1ccc(Cl)s1. The molecule has 1 aromatic carbocycles. The Bertz CT molecular complexity index is 1320. The number of aromatic hydroxyl groups is 1. The second kappa shape index (κ2) is 8.84. The maximum absolute atomic E-state index is 13.2. The number of hydrogen-bond acceptors (Lipinski definition) is 5. The second-order valence-electron chi connectivity index (χ2n) is 10.0. The third-order valence-corrected chi connectivity index (χ3v) is 9.15. The zero-order chi connectivity index (χ0) is 24.2. The van der Waals surface area contributed by atoms with Crippen LogP contribution in [-0.4, -0.2) is 44.7 Å². The maximum Gasteiger partial charge on any atom is 0.335 e. The Morgan fingerprint density at radius 1 is 1.11 bits per heavy atom. The lowest BCUT2D eigenvalue weighted by atomic mass is 9.92. The predicted molar refractivity (Wildman–Crippen MR) is 137 cm³/mol. The molecule has 1 amide bonds. The topological polar surface area (TPSA) is 79.5 Å². The minimum absolute atomic E-state index is 0.107. The minimum atomic E-state index is -0.433. The van der Waals surface area contributed by atoms with Crippen LogP contribution in [-0.2, 0) is 12.0 Å². The third-order valence-electron chi connectivity index (χ3n) is 7.92. The first-order valence-electron chi connectivity index (χ1n) is 12.4. The summed E-state index contributed by atoms with van der Waals surface area (Å²) in [5, 5.41) is 14.0. The molecule has 1 saturated carbocycles. The van der Waals surface area contributed by atoms with Crippen LogP contribution in [0, 0.1) is 0 Å². The molecular weight excluding hydrogens is 484 g/mol. The van der Waals surface area contributed by atoms with Gasteiger partial charge in [-0.1, -0.05) is 23.7 Å². The van der Waals surface area contributed by atoms with E-state index < -0.39 is 6.04 Å². The zero-order valence-electron chi connectivity index (χ0n) is 19.5. The highest BCUT2D eigenvalue weighted by Gasteiger charge is 2.44. The largest absolute Gasteiger partial charge is 0.493 e. The standard InChI is InChI=1S/C26H29ClN4O3S/c27-21-8-7-20(35-21)23(32)28-19-9-15-30-22(19)24(33)31(25(30)34)18-5-3-17(4-6-18)26(10-11-26)12-16-29-13-1-2-14-29/h3-8,19,33H,1-2,9-16H2,(H,28,32)/t19-/m1/s1. The fraction of sp³-hybridized carbons (Fsp3) is 0.462. The molecule has 9 heteroatoms. The molecular formula is C26H29ClN4O3S. The van der Waals surface area contributed by atoms with Crippen molar-refractivity contribution in [3.8, 4) is 11.6 Å². The van der Waals surface area contributed by atoms with Gasteiger partial charge in [0.1, 0.15) is 5.69 Å². The Morgan fingerprint density at radius 3 is 2.51 bits per heavy atom. The molecule has 2 aromatic heterocycles. The molecule has 7 nitrogen and oxygen atoms in total. The molecule has 0 spiro atoms. The van der Waals surface area contributed by atoms with E-state index in [9.17, 15) is 14.7 Å². The number of fused-ring (bicyclic) bond motifs is 1. The number of nitrogens with one attached hydrogen (secondary N) is 1. The Labute approximate surface area is 212 Å². The maximum atomic E-state index is 13.2. The molecule has 35 heavy (non-hydrogen) atoms. The molecule has 0 bridgehead atoms. The summed E-state index contributed by atoms with van der Waals surface area (Å²) in [6.07, 6.45) is 6.78. The molecule has 184 valence electrons. The number of benzene rings is 1. The van der Waals surface area contributed by atoms with Gasteiger partial charge in [-0.25, -0.2) is 9.36 Å². The van der Waals surface area contributed by atoms with E-state index in [-0.39, 0.29) is 22.9 Å². The summed E-state index contributed by atoms with van der Waals surface area (Å²) in [5.74, 6) is -0.363. The number of likely N-dealkylation sites (tertiary alicyclic amines) is 1. The summed E-state index contributed by atoms with van der Waals surface area (Å²) in [4.78, 5) is 28.9.